The minimum Gasteiger partial charge on any atom is -0.505 e. The van der Waals surface area contributed by atoms with Crippen LogP contribution in [0.5, 0.6) is 5.75 Å². The third-order valence-electron chi connectivity index (χ3n) is 5.91. The van der Waals surface area contributed by atoms with Crippen molar-refractivity contribution in [1.82, 2.24) is 9.21 Å². The maximum Gasteiger partial charge on any atom is 0.243 e. The van der Waals surface area contributed by atoms with Crippen LogP contribution in [0.4, 0.5) is 4.39 Å². The number of phenolic OH excluding ortho intramolecular Hbond substituents is 1. The second-order valence-corrected chi connectivity index (χ2v) is 10.2. The monoisotopic (exact) mass is 420 g/mol. The Morgan fingerprint density at radius 2 is 1.66 bits per heavy atom. The molecular formula is C22H29FN2O3S. The first kappa shape index (κ1) is 21.7. The van der Waals surface area contributed by atoms with Crippen LogP contribution in [0.25, 0.3) is 0 Å². The van der Waals surface area contributed by atoms with Gasteiger partial charge in [-0.25, -0.2) is 12.8 Å². The van der Waals surface area contributed by atoms with E-state index in [4.69, 9.17) is 0 Å². The molecule has 2 aromatic carbocycles. The summed E-state index contributed by atoms with van der Waals surface area (Å²) in [6, 6.07) is 11.6. The van der Waals surface area contributed by atoms with E-state index in [1.807, 2.05) is 12.1 Å². The number of benzene rings is 2. The smallest absolute Gasteiger partial charge is 0.243 e. The molecular weight excluding hydrogens is 391 g/mol. The number of hydrogen-bond donors (Lipinski definition) is 1. The number of sulfonamides is 1. The van der Waals surface area contributed by atoms with Crippen LogP contribution in [0.15, 0.2) is 47.4 Å². The Morgan fingerprint density at radius 3 is 2.21 bits per heavy atom. The van der Waals surface area contributed by atoms with Gasteiger partial charge in [-0.15, -0.1) is 0 Å². The van der Waals surface area contributed by atoms with E-state index >= 15 is 0 Å². The summed E-state index contributed by atoms with van der Waals surface area (Å²) in [7, 11) is -3.53. The van der Waals surface area contributed by atoms with Gasteiger partial charge in [0.15, 0.2) is 11.6 Å². The number of nitrogens with zero attached hydrogens (tertiary/aromatic N) is 2. The highest BCUT2D eigenvalue weighted by molar-refractivity contribution is 7.89. The van der Waals surface area contributed by atoms with Crippen molar-refractivity contribution in [3.8, 4) is 5.75 Å². The Bertz CT molecular complexity index is 951. The Morgan fingerprint density at radius 1 is 1.03 bits per heavy atom. The molecule has 0 unspecified atom stereocenters. The average molecular weight is 421 g/mol. The van der Waals surface area contributed by atoms with Gasteiger partial charge in [-0.2, -0.15) is 4.31 Å². The minimum absolute atomic E-state index is 0.0155. The highest BCUT2D eigenvalue weighted by atomic mass is 32.2. The number of rotatable bonds is 6. The van der Waals surface area contributed by atoms with Crippen LogP contribution in [-0.2, 0) is 22.0 Å². The first-order chi connectivity index (χ1) is 13.6. The van der Waals surface area contributed by atoms with Crippen molar-refractivity contribution < 1.29 is 17.9 Å². The van der Waals surface area contributed by atoms with Gasteiger partial charge in [-0.3, -0.25) is 4.90 Å². The molecule has 2 aromatic rings. The molecule has 0 aromatic heterocycles. The third-order valence-corrected chi connectivity index (χ3v) is 7.82. The summed E-state index contributed by atoms with van der Waals surface area (Å²) in [6.07, 6.45) is 0.978. The van der Waals surface area contributed by atoms with Gasteiger partial charge in [0.1, 0.15) is 0 Å². The molecule has 1 fully saturated rings. The standard InChI is InChI=1S/C22H29FN2O3S/c1-4-22(2,3)18-6-8-19(9-7-18)29(27,28)25-13-11-24(12-14-25)16-17-5-10-21(26)20(23)15-17/h5-10,15,26H,4,11-14,16H2,1-3H3. The molecule has 7 heteroatoms. The van der Waals surface area contributed by atoms with E-state index in [-0.39, 0.29) is 11.2 Å². The lowest BCUT2D eigenvalue weighted by molar-refractivity contribution is 0.181. The summed E-state index contributed by atoms with van der Waals surface area (Å²) in [4.78, 5) is 2.41. The maximum atomic E-state index is 13.5. The van der Waals surface area contributed by atoms with Gasteiger partial charge in [0.2, 0.25) is 10.0 Å². The third kappa shape index (κ3) is 4.79. The van der Waals surface area contributed by atoms with Crippen LogP contribution in [0.2, 0.25) is 0 Å². The van der Waals surface area contributed by atoms with E-state index in [1.165, 1.54) is 16.4 Å². The summed E-state index contributed by atoms with van der Waals surface area (Å²) in [6.45, 7) is 8.87. The van der Waals surface area contributed by atoms with E-state index in [9.17, 15) is 17.9 Å². The molecule has 5 nitrogen and oxygen atoms in total. The molecule has 1 heterocycles. The first-order valence-corrected chi connectivity index (χ1v) is 11.4. The zero-order chi connectivity index (χ0) is 21.2. The van der Waals surface area contributed by atoms with Crippen LogP contribution in [-0.4, -0.2) is 48.9 Å². The summed E-state index contributed by atoms with van der Waals surface area (Å²) >= 11 is 0. The maximum absolute atomic E-state index is 13.5. The zero-order valence-electron chi connectivity index (χ0n) is 17.2. The van der Waals surface area contributed by atoms with E-state index in [0.29, 0.717) is 37.6 Å². The fourth-order valence-electron chi connectivity index (χ4n) is 3.47. The first-order valence-electron chi connectivity index (χ1n) is 9.94. The molecule has 158 valence electrons. The van der Waals surface area contributed by atoms with Crippen molar-refractivity contribution in [3.05, 3.63) is 59.4 Å². The second-order valence-electron chi connectivity index (χ2n) is 8.23. The lowest BCUT2D eigenvalue weighted by Crippen LogP contribution is -2.48. The molecule has 3 rings (SSSR count). The van der Waals surface area contributed by atoms with Crippen molar-refractivity contribution >= 4 is 10.0 Å². The molecule has 29 heavy (non-hydrogen) atoms. The quantitative estimate of drug-likeness (QED) is 0.774. The fraction of sp³-hybridized carbons (Fsp3) is 0.455. The Hall–Kier alpha value is -1.96. The van der Waals surface area contributed by atoms with Gasteiger partial charge >= 0.3 is 0 Å². The van der Waals surface area contributed by atoms with Gasteiger partial charge in [0.25, 0.3) is 0 Å². The summed E-state index contributed by atoms with van der Waals surface area (Å²) in [5.41, 5.74) is 1.90. The van der Waals surface area contributed by atoms with Gasteiger partial charge in [0.05, 0.1) is 4.90 Å². The SMILES string of the molecule is CCC(C)(C)c1ccc(S(=O)(=O)N2CCN(Cc3ccc(O)c(F)c3)CC2)cc1. The molecule has 0 radical (unpaired) electrons. The van der Waals surface area contributed by atoms with Crippen molar-refractivity contribution in [2.75, 3.05) is 26.2 Å². The number of piperazine rings is 1. The van der Waals surface area contributed by atoms with Gasteiger partial charge in [-0.1, -0.05) is 39.0 Å². The van der Waals surface area contributed by atoms with Crippen LogP contribution < -0.4 is 0 Å². The Balaban J connectivity index is 1.64. The minimum atomic E-state index is -3.53. The number of hydrogen-bond acceptors (Lipinski definition) is 4. The zero-order valence-corrected chi connectivity index (χ0v) is 18.0. The predicted octanol–water partition coefficient (Wildman–Crippen LogP) is 3.73. The molecule has 0 atom stereocenters. The predicted molar refractivity (Wildman–Crippen MR) is 112 cm³/mol. The van der Waals surface area contributed by atoms with Gasteiger partial charge in [0, 0.05) is 32.7 Å². The Labute approximate surface area is 172 Å². The molecule has 0 amide bonds. The number of phenols is 1. The van der Waals surface area contributed by atoms with E-state index in [2.05, 4.69) is 25.7 Å². The Kier molecular flexibility index (Phi) is 6.31. The van der Waals surface area contributed by atoms with Gasteiger partial charge < -0.3 is 5.11 Å². The highest BCUT2D eigenvalue weighted by Crippen LogP contribution is 2.28. The highest BCUT2D eigenvalue weighted by Gasteiger charge is 2.29. The van der Waals surface area contributed by atoms with Crippen LogP contribution in [0.1, 0.15) is 38.3 Å². The molecule has 0 aliphatic carbocycles. The summed E-state index contributed by atoms with van der Waals surface area (Å²) < 4.78 is 41.0. The molecule has 0 bridgehead atoms. The molecule has 1 aliphatic heterocycles. The number of aromatic hydroxyl groups is 1. The van der Waals surface area contributed by atoms with E-state index in [1.54, 1.807) is 18.2 Å². The van der Waals surface area contributed by atoms with Crippen molar-refractivity contribution in [2.24, 2.45) is 0 Å². The van der Waals surface area contributed by atoms with E-state index in [0.717, 1.165) is 17.5 Å². The van der Waals surface area contributed by atoms with Crippen LogP contribution in [0.3, 0.4) is 0 Å². The number of halogens is 1. The van der Waals surface area contributed by atoms with Crippen molar-refractivity contribution in [3.63, 3.8) is 0 Å². The van der Waals surface area contributed by atoms with E-state index < -0.39 is 15.8 Å². The molecule has 1 N–H and O–H groups in total. The van der Waals surface area contributed by atoms with Gasteiger partial charge in [-0.05, 0) is 47.2 Å². The lowest BCUT2D eigenvalue weighted by atomic mass is 9.82. The summed E-state index contributed by atoms with van der Waals surface area (Å²) in [5, 5.41) is 9.30. The topological polar surface area (TPSA) is 60.9 Å². The van der Waals surface area contributed by atoms with Crippen LogP contribution in [0, 0.1) is 5.82 Å². The normalized spacial score (nSPS) is 16.8. The molecule has 1 aliphatic rings. The van der Waals surface area contributed by atoms with Crippen molar-refractivity contribution in [1.29, 1.82) is 0 Å². The average Bonchev–Trinajstić information content (AvgIpc) is 2.71. The van der Waals surface area contributed by atoms with Crippen LogP contribution >= 0.6 is 0 Å². The lowest BCUT2D eigenvalue weighted by Gasteiger charge is -2.34. The second kappa shape index (κ2) is 8.42. The van der Waals surface area contributed by atoms with Crippen molar-refractivity contribution in [2.45, 2.75) is 44.0 Å². The fourth-order valence-corrected chi connectivity index (χ4v) is 4.89. The summed E-state index contributed by atoms with van der Waals surface area (Å²) in [5.74, 6) is -1.00. The molecule has 0 saturated carbocycles. The largest absolute Gasteiger partial charge is 0.505 e. The molecule has 0 spiro atoms. The molecule has 1 saturated heterocycles.